The summed E-state index contributed by atoms with van der Waals surface area (Å²) in [6.45, 7) is 7.49. The molecule has 0 saturated carbocycles. The monoisotopic (exact) mass is 363 g/mol. The Balaban J connectivity index is 1.89. The van der Waals surface area contributed by atoms with Crippen LogP contribution in [0.15, 0.2) is 24.3 Å². The Hall–Kier alpha value is -2.32. The Morgan fingerprint density at radius 1 is 1.04 bits per heavy atom. The lowest BCUT2D eigenvalue weighted by Gasteiger charge is -2.35. The molecule has 1 aliphatic heterocycles. The van der Waals surface area contributed by atoms with Crippen molar-refractivity contribution in [2.24, 2.45) is 0 Å². The molecule has 0 spiro atoms. The quantitative estimate of drug-likeness (QED) is 0.794. The molecule has 2 N–H and O–H groups in total. The summed E-state index contributed by atoms with van der Waals surface area (Å²) < 4.78 is 5.38. The lowest BCUT2D eigenvalue weighted by molar-refractivity contribution is 0.0141. The van der Waals surface area contributed by atoms with Gasteiger partial charge in [0.1, 0.15) is 5.60 Å². The highest BCUT2D eigenvalue weighted by atomic mass is 16.6. The van der Waals surface area contributed by atoms with Crippen molar-refractivity contribution in [2.45, 2.75) is 26.4 Å². The van der Waals surface area contributed by atoms with Gasteiger partial charge < -0.3 is 20.0 Å². The van der Waals surface area contributed by atoms with Gasteiger partial charge in [0.25, 0.3) is 5.91 Å². The average molecular weight is 363 g/mol. The number of nitrogens with one attached hydrogen (secondary N) is 2. The highest BCUT2D eigenvalue weighted by molar-refractivity contribution is 5.94. The van der Waals surface area contributed by atoms with Crippen molar-refractivity contribution in [3.05, 3.63) is 29.8 Å². The number of hydrogen-bond acceptors (Lipinski definition) is 6. The molecule has 2 amide bonds. The van der Waals surface area contributed by atoms with Gasteiger partial charge in [0.05, 0.1) is 5.69 Å². The Bertz CT molecular complexity index is 619. The summed E-state index contributed by atoms with van der Waals surface area (Å²) in [5.41, 5.74) is 7.05. The van der Waals surface area contributed by atoms with Crippen molar-refractivity contribution < 1.29 is 14.3 Å². The summed E-state index contributed by atoms with van der Waals surface area (Å²) in [7, 11) is 3.66. The molecule has 0 atom stereocenters. The Morgan fingerprint density at radius 3 is 2.08 bits per heavy atom. The van der Waals surface area contributed by atoms with Gasteiger partial charge in [0.15, 0.2) is 0 Å². The first kappa shape index (κ1) is 20.0. The fourth-order valence-corrected chi connectivity index (χ4v) is 2.54. The second-order valence-electron chi connectivity index (χ2n) is 7.23. The predicted molar refractivity (Wildman–Crippen MR) is 101 cm³/mol. The van der Waals surface area contributed by atoms with E-state index in [0.29, 0.717) is 31.7 Å². The number of benzene rings is 1. The molecule has 1 aliphatic rings. The Labute approximate surface area is 155 Å². The van der Waals surface area contributed by atoms with Crippen LogP contribution in [-0.2, 0) is 4.74 Å². The number of anilines is 1. The minimum atomic E-state index is -0.513. The summed E-state index contributed by atoms with van der Waals surface area (Å²) in [5.74, 6) is -0.0256. The molecule has 1 aromatic rings. The molecule has 0 aliphatic carbocycles. The number of carbonyl (C=O) groups is 2. The third-order valence-corrected chi connectivity index (χ3v) is 3.98. The summed E-state index contributed by atoms with van der Waals surface area (Å²) in [6.07, 6.45) is -0.325. The first-order valence-electron chi connectivity index (χ1n) is 8.74. The van der Waals surface area contributed by atoms with E-state index in [1.54, 1.807) is 27.1 Å². The molecule has 8 heteroatoms. The van der Waals surface area contributed by atoms with E-state index >= 15 is 0 Å². The highest BCUT2D eigenvalue weighted by Gasteiger charge is 2.28. The van der Waals surface area contributed by atoms with E-state index in [2.05, 4.69) is 10.9 Å². The Morgan fingerprint density at radius 2 is 1.58 bits per heavy atom. The molecule has 1 saturated heterocycles. The smallest absolute Gasteiger partial charge is 0.410 e. The fourth-order valence-electron chi connectivity index (χ4n) is 2.54. The van der Waals surface area contributed by atoms with Crippen molar-refractivity contribution in [1.29, 1.82) is 0 Å². The molecule has 0 bridgehead atoms. The van der Waals surface area contributed by atoms with Crippen molar-refractivity contribution >= 4 is 17.7 Å². The highest BCUT2D eigenvalue weighted by Crippen LogP contribution is 2.15. The number of nitrogens with zero attached hydrogens (tertiary/aromatic N) is 3. The number of rotatable bonds is 4. The van der Waals surface area contributed by atoms with E-state index in [9.17, 15) is 9.59 Å². The second-order valence-corrected chi connectivity index (χ2v) is 7.23. The second kappa shape index (κ2) is 8.37. The average Bonchev–Trinajstić information content (AvgIpc) is 2.60. The van der Waals surface area contributed by atoms with Crippen LogP contribution in [-0.4, -0.2) is 72.8 Å². The van der Waals surface area contributed by atoms with Crippen LogP contribution in [0.2, 0.25) is 0 Å². The number of amides is 2. The van der Waals surface area contributed by atoms with E-state index in [1.807, 2.05) is 47.0 Å². The SMILES string of the molecule is CNN(C)Nc1ccc(C(=O)N2CCN(C(=O)OC(C)(C)C)CC2)cc1. The lowest BCUT2D eigenvalue weighted by atomic mass is 10.1. The molecule has 0 radical (unpaired) electrons. The van der Waals surface area contributed by atoms with Gasteiger partial charge in [0, 0.05) is 45.8 Å². The molecule has 8 nitrogen and oxygen atoms in total. The number of ether oxygens (including phenoxy) is 1. The number of piperazine rings is 1. The largest absolute Gasteiger partial charge is 0.444 e. The van der Waals surface area contributed by atoms with Crippen LogP contribution in [0, 0.1) is 0 Å². The topological polar surface area (TPSA) is 77.2 Å². The normalized spacial score (nSPS) is 15.2. The lowest BCUT2D eigenvalue weighted by Crippen LogP contribution is -2.51. The van der Waals surface area contributed by atoms with Gasteiger partial charge in [-0.3, -0.25) is 4.79 Å². The van der Waals surface area contributed by atoms with Crippen LogP contribution >= 0.6 is 0 Å². The third-order valence-electron chi connectivity index (χ3n) is 3.98. The van der Waals surface area contributed by atoms with E-state index in [1.165, 1.54) is 0 Å². The minimum Gasteiger partial charge on any atom is -0.444 e. The van der Waals surface area contributed by atoms with E-state index in [-0.39, 0.29) is 12.0 Å². The van der Waals surface area contributed by atoms with Gasteiger partial charge in [0.2, 0.25) is 0 Å². The summed E-state index contributed by atoms with van der Waals surface area (Å²) >= 11 is 0. The van der Waals surface area contributed by atoms with Gasteiger partial charge in [-0.25, -0.2) is 10.2 Å². The van der Waals surface area contributed by atoms with Crippen molar-refractivity contribution in [3.8, 4) is 0 Å². The standard InChI is InChI=1S/C18H29N5O3/c1-18(2,3)26-17(25)23-12-10-22(11-13-23)16(24)14-6-8-15(9-7-14)20-21(5)19-4/h6-9,19-20H,10-13H2,1-5H3. The van der Waals surface area contributed by atoms with Crippen molar-refractivity contribution in [3.63, 3.8) is 0 Å². The molecule has 1 heterocycles. The molecule has 0 unspecified atom stereocenters. The van der Waals surface area contributed by atoms with E-state index < -0.39 is 5.60 Å². The van der Waals surface area contributed by atoms with E-state index in [0.717, 1.165) is 5.69 Å². The number of hydrogen-bond donors (Lipinski definition) is 2. The maximum Gasteiger partial charge on any atom is 0.410 e. The van der Waals surface area contributed by atoms with Gasteiger partial charge in [-0.05, 0) is 45.0 Å². The molecule has 1 aromatic carbocycles. The first-order chi connectivity index (χ1) is 12.2. The van der Waals surface area contributed by atoms with Crippen LogP contribution in [0.5, 0.6) is 0 Å². The van der Waals surface area contributed by atoms with Crippen LogP contribution < -0.4 is 10.9 Å². The zero-order chi connectivity index (χ0) is 19.3. The van der Waals surface area contributed by atoms with Gasteiger partial charge >= 0.3 is 6.09 Å². The molecule has 2 rings (SSSR count). The molecular formula is C18H29N5O3. The molecular weight excluding hydrogens is 334 g/mol. The van der Waals surface area contributed by atoms with E-state index in [4.69, 9.17) is 4.74 Å². The minimum absolute atomic E-state index is 0.0256. The maximum atomic E-state index is 12.6. The number of carbonyl (C=O) groups excluding carboxylic acids is 2. The van der Waals surface area contributed by atoms with Crippen LogP contribution in [0.3, 0.4) is 0 Å². The van der Waals surface area contributed by atoms with Gasteiger partial charge in [-0.1, -0.05) is 0 Å². The third kappa shape index (κ3) is 5.60. The van der Waals surface area contributed by atoms with Crippen molar-refractivity contribution in [1.82, 2.24) is 20.3 Å². The summed E-state index contributed by atoms with van der Waals surface area (Å²) in [4.78, 5) is 28.2. The molecule has 144 valence electrons. The van der Waals surface area contributed by atoms with Gasteiger partial charge in [-0.2, -0.15) is 5.12 Å². The predicted octanol–water partition coefficient (Wildman–Crippen LogP) is 1.77. The first-order valence-corrected chi connectivity index (χ1v) is 8.74. The summed E-state index contributed by atoms with van der Waals surface area (Å²) in [5, 5.41) is 1.71. The molecule has 1 fully saturated rings. The van der Waals surface area contributed by atoms with Crippen LogP contribution in [0.25, 0.3) is 0 Å². The van der Waals surface area contributed by atoms with Crippen LogP contribution in [0.4, 0.5) is 10.5 Å². The fraction of sp³-hybridized carbons (Fsp3) is 0.556. The molecule has 26 heavy (non-hydrogen) atoms. The zero-order valence-electron chi connectivity index (χ0n) is 16.2. The zero-order valence-corrected chi connectivity index (χ0v) is 16.2. The summed E-state index contributed by atoms with van der Waals surface area (Å²) in [6, 6.07) is 7.32. The maximum absolute atomic E-state index is 12.6. The van der Waals surface area contributed by atoms with Gasteiger partial charge in [-0.15, -0.1) is 0 Å². The van der Waals surface area contributed by atoms with Crippen molar-refractivity contribution in [2.75, 3.05) is 45.7 Å². The number of hydrazine groups is 2. The van der Waals surface area contributed by atoms with Crippen LogP contribution in [0.1, 0.15) is 31.1 Å². The molecule has 0 aromatic heterocycles. The Kier molecular flexibility index (Phi) is 6.44.